The molecule has 1 radical (unpaired) electrons. The van der Waals surface area contributed by atoms with Gasteiger partial charge >= 0.3 is 18.5 Å². The van der Waals surface area contributed by atoms with Gasteiger partial charge in [-0.15, -0.1) is 18.2 Å². The minimum Gasteiger partial charge on any atom is -0.372 e. The second-order valence-electron chi connectivity index (χ2n) is 10.4. The van der Waals surface area contributed by atoms with Crippen LogP contribution in [0.3, 0.4) is 0 Å². The fourth-order valence-corrected chi connectivity index (χ4v) is 7.67. The van der Waals surface area contributed by atoms with Crippen LogP contribution in [0.25, 0.3) is 11.3 Å². The summed E-state index contributed by atoms with van der Waals surface area (Å²) >= 11 is 0. The normalized spacial score (nSPS) is 14.0. The molecule has 1 aromatic heterocycles. The number of aliphatic hydroxyl groups is 1. The maximum absolute atomic E-state index is 13.9. The summed E-state index contributed by atoms with van der Waals surface area (Å²) in [5.41, 5.74) is -5.01. The predicted octanol–water partition coefficient (Wildman–Crippen LogP) is 8.01. The van der Waals surface area contributed by atoms with Gasteiger partial charge in [0.15, 0.2) is 0 Å². The molecule has 0 spiro atoms. The van der Waals surface area contributed by atoms with Crippen molar-refractivity contribution in [3.05, 3.63) is 109 Å². The van der Waals surface area contributed by atoms with Crippen molar-refractivity contribution >= 4 is 24.2 Å². The Balaban J connectivity index is 0.000000251. The van der Waals surface area contributed by atoms with Crippen LogP contribution in [0.4, 0.5) is 49.6 Å². The van der Waals surface area contributed by atoms with E-state index < -0.39 is 49.6 Å². The van der Waals surface area contributed by atoms with Gasteiger partial charge in [0.2, 0.25) is 0 Å². The van der Waals surface area contributed by atoms with Gasteiger partial charge in [0.05, 0.1) is 18.5 Å². The SMILES string of the molecule is Fc1ccc(C(F)(F)F)[c-]c1-c1cc(N2CCCC2)ccn1.OC(C[PH+](c1ccccc1)c1ccccc1)(C(F)(F)F)C(F)(F)F.[Ir]. The van der Waals surface area contributed by atoms with E-state index in [9.17, 15) is 49.0 Å². The molecule has 0 bridgehead atoms. The Morgan fingerprint density at radius 3 is 1.72 bits per heavy atom. The topological polar surface area (TPSA) is 36.4 Å². The van der Waals surface area contributed by atoms with E-state index in [0.29, 0.717) is 16.7 Å². The molecule has 255 valence electrons. The Labute approximate surface area is 278 Å². The Hall–Kier alpha value is -3.05. The van der Waals surface area contributed by atoms with E-state index in [2.05, 4.69) is 16.0 Å². The standard InChI is InChI=1S/C16H13F6OP.C16H13F4N2.Ir/c17-15(18,19)14(23,16(20,21)22)11-24(12-7-3-1-4-8-12)13-9-5-2-6-10-13;17-14-4-3-11(16(18,19)20)9-13(14)15-10-12(5-6-21-15)22-7-1-2-8-22;/h1-10,23H,11H2;3-6,10H,1-2,7-8H2;/q;-1;/p+1. The van der Waals surface area contributed by atoms with Crippen LogP contribution < -0.4 is 15.5 Å². The van der Waals surface area contributed by atoms with Gasteiger partial charge in [-0.25, -0.2) is 0 Å². The van der Waals surface area contributed by atoms with Crippen LogP contribution in [0.5, 0.6) is 0 Å². The molecule has 1 aliphatic rings. The zero-order valence-electron chi connectivity index (χ0n) is 24.2. The monoisotopic (exact) mass is 869 g/mol. The Kier molecular flexibility index (Phi) is 12.6. The van der Waals surface area contributed by atoms with Gasteiger partial charge in [-0.2, -0.15) is 39.5 Å². The van der Waals surface area contributed by atoms with Gasteiger partial charge in [-0.1, -0.05) is 48.0 Å². The second-order valence-corrected chi connectivity index (χ2v) is 12.9. The van der Waals surface area contributed by atoms with Crippen LogP contribution in [-0.2, 0) is 26.3 Å². The Morgan fingerprint density at radius 1 is 0.745 bits per heavy atom. The minimum absolute atomic E-state index is 0. The smallest absolute Gasteiger partial charge is 0.372 e. The van der Waals surface area contributed by atoms with Gasteiger partial charge in [0.1, 0.15) is 6.16 Å². The van der Waals surface area contributed by atoms with Crippen LogP contribution in [0.2, 0.25) is 0 Å². The fourth-order valence-electron chi connectivity index (χ4n) is 4.82. The molecule has 0 aliphatic carbocycles. The van der Waals surface area contributed by atoms with E-state index in [-0.39, 0.29) is 31.4 Å². The van der Waals surface area contributed by atoms with Crippen molar-refractivity contribution in [1.82, 2.24) is 4.98 Å². The third kappa shape index (κ3) is 9.31. The number of halogens is 10. The third-order valence-corrected chi connectivity index (χ3v) is 10.2. The Bertz CT molecular complexity index is 1530. The van der Waals surface area contributed by atoms with Gasteiger partial charge < -0.3 is 15.0 Å². The number of pyridine rings is 1. The van der Waals surface area contributed by atoms with E-state index in [4.69, 9.17) is 0 Å². The molecule has 0 unspecified atom stereocenters. The summed E-state index contributed by atoms with van der Waals surface area (Å²) in [4.78, 5) is 6.11. The maximum atomic E-state index is 13.9. The number of anilines is 1. The minimum atomic E-state index is -5.81. The zero-order chi connectivity index (χ0) is 33.8. The van der Waals surface area contributed by atoms with Crippen molar-refractivity contribution in [3.63, 3.8) is 0 Å². The molecule has 2 heterocycles. The molecule has 47 heavy (non-hydrogen) atoms. The van der Waals surface area contributed by atoms with E-state index in [1.54, 1.807) is 48.5 Å². The molecule has 5 rings (SSSR count). The number of benzene rings is 3. The molecular weight excluding hydrogens is 842 g/mol. The van der Waals surface area contributed by atoms with Crippen LogP contribution in [0.1, 0.15) is 18.4 Å². The quantitative estimate of drug-likeness (QED) is 0.121. The summed E-state index contributed by atoms with van der Waals surface area (Å²) < 4.78 is 130. The van der Waals surface area contributed by atoms with Gasteiger partial charge in [0.25, 0.3) is 5.60 Å². The number of aromatic nitrogens is 1. The predicted molar refractivity (Wildman–Crippen MR) is 157 cm³/mol. The first kappa shape index (κ1) is 38.4. The average molecular weight is 869 g/mol. The van der Waals surface area contributed by atoms with Crippen molar-refractivity contribution in [2.24, 2.45) is 0 Å². The summed E-state index contributed by atoms with van der Waals surface area (Å²) in [6.45, 7) is 1.77. The molecule has 1 saturated heterocycles. The fraction of sp³-hybridized carbons (Fsp3) is 0.281. The molecule has 3 nitrogen and oxygen atoms in total. The van der Waals surface area contributed by atoms with E-state index >= 15 is 0 Å². The molecule has 0 atom stereocenters. The van der Waals surface area contributed by atoms with Gasteiger partial charge in [-0.05, 0) is 54.4 Å². The molecule has 1 N–H and O–H groups in total. The number of nitrogens with zero attached hydrogens (tertiary/aromatic N) is 2. The van der Waals surface area contributed by atoms with E-state index in [1.807, 2.05) is 0 Å². The summed E-state index contributed by atoms with van der Waals surface area (Å²) in [6, 6.07) is 22.3. The third-order valence-electron chi connectivity index (χ3n) is 7.29. The van der Waals surface area contributed by atoms with Crippen LogP contribution >= 0.6 is 7.92 Å². The summed E-state index contributed by atoms with van der Waals surface area (Å²) in [5, 5.41) is 10.3. The first-order valence-electron chi connectivity index (χ1n) is 13.8. The summed E-state index contributed by atoms with van der Waals surface area (Å²) in [5.74, 6) is -0.765. The molecule has 0 saturated carbocycles. The van der Waals surface area contributed by atoms with Crippen molar-refractivity contribution in [2.45, 2.75) is 37.0 Å². The number of hydrogen-bond donors (Lipinski definition) is 1. The van der Waals surface area contributed by atoms with Gasteiger partial charge in [0, 0.05) is 50.9 Å². The van der Waals surface area contributed by atoms with Crippen molar-refractivity contribution in [1.29, 1.82) is 0 Å². The van der Waals surface area contributed by atoms with Crippen molar-refractivity contribution in [3.8, 4) is 11.3 Å². The number of rotatable bonds is 6. The molecule has 15 heteroatoms. The molecule has 1 fully saturated rings. The second kappa shape index (κ2) is 15.4. The van der Waals surface area contributed by atoms with Crippen LogP contribution in [0, 0.1) is 11.9 Å². The van der Waals surface area contributed by atoms with Crippen molar-refractivity contribution < 1.29 is 69.1 Å². The first-order chi connectivity index (χ1) is 21.5. The molecule has 0 amide bonds. The largest absolute Gasteiger partial charge is 0.430 e. The molecular formula is C32H27F10IrN2OP. The summed E-state index contributed by atoms with van der Waals surface area (Å²) in [6.07, 6.45) is -14.0. The Morgan fingerprint density at radius 2 is 1.26 bits per heavy atom. The van der Waals surface area contributed by atoms with E-state index in [0.717, 1.165) is 37.7 Å². The average Bonchev–Trinajstić information content (AvgIpc) is 3.55. The van der Waals surface area contributed by atoms with Gasteiger partial charge in [-0.3, -0.25) is 4.39 Å². The summed E-state index contributed by atoms with van der Waals surface area (Å²) in [7, 11) is -2.51. The maximum Gasteiger partial charge on any atom is 0.430 e. The van der Waals surface area contributed by atoms with Crippen molar-refractivity contribution in [2.75, 3.05) is 24.2 Å². The first-order valence-corrected chi connectivity index (χ1v) is 15.5. The van der Waals surface area contributed by atoms with Crippen LogP contribution in [0.15, 0.2) is 91.1 Å². The number of alkyl halides is 9. The molecule has 4 aromatic rings. The molecule has 3 aromatic carbocycles. The molecule has 1 aliphatic heterocycles. The van der Waals surface area contributed by atoms with E-state index in [1.165, 1.54) is 30.5 Å². The number of hydrogen-bond acceptors (Lipinski definition) is 3. The zero-order valence-corrected chi connectivity index (χ0v) is 27.5. The van der Waals surface area contributed by atoms with Crippen LogP contribution in [-0.4, -0.2) is 47.3 Å².